The molecule has 0 radical (unpaired) electrons. The number of halogens is 1. The highest BCUT2D eigenvalue weighted by atomic mass is 19.1. The van der Waals surface area contributed by atoms with E-state index in [0.29, 0.717) is 12.8 Å². The Morgan fingerprint density at radius 1 is 1.69 bits per heavy atom. The first kappa shape index (κ1) is 12.6. The highest BCUT2D eigenvalue weighted by Gasteiger charge is 2.14. The molecule has 2 N–H and O–H groups in total. The molecule has 0 fully saturated rings. The van der Waals surface area contributed by atoms with Crippen molar-refractivity contribution >= 4 is 5.91 Å². The molecule has 1 heterocycles. The Balaban J connectivity index is 2.68. The van der Waals surface area contributed by atoms with Crippen molar-refractivity contribution in [1.29, 1.82) is 0 Å². The van der Waals surface area contributed by atoms with Gasteiger partial charge < -0.3 is 10.4 Å². The van der Waals surface area contributed by atoms with Gasteiger partial charge in [0.2, 0.25) is 0 Å². The van der Waals surface area contributed by atoms with Crippen LogP contribution in [0, 0.1) is 5.82 Å². The Hall–Kier alpha value is -1.49. The van der Waals surface area contributed by atoms with Crippen molar-refractivity contribution in [3.05, 3.63) is 29.8 Å². The van der Waals surface area contributed by atoms with E-state index in [1.54, 1.807) is 0 Å². The molecular weight excluding hydrogens is 211 g/mol. The van der Waals surface area contributed by atoms with Gasteiger partial charge in [-0.15, -0.1) is 0 Å². The van der Waals surface area contributed by atoms with Crippen LogP contribution in [0.3, 0.4) is 0 Å². The van der Waals surface area contributed by atoms with Gasteiger partial charge in [-0.2, -0.15) is 0 Å². The lowest BCUT2D eigenvalue weighted by atomic mass is 10.1. The molecule has 0 spiro atoms. The fourth-order valence-corrected chi connectivity index (χ4v) is 1.36. The highest BCUT2D eigenvalue weighted by molar-refractivity contribution is 5.94. The van der Waals surface area contributed by atoms with Crippen LogP contribution in [0.4, 0.5) is 4.39 Å². The second-order valence-corrected chi connectivity index (χ2v) is 3.45. The van der Waals surface area contributed by atoms with E-state index in [4.69, 9.17) is 5.11 Å². The number of aliphatic hydroxyl groups is 1. The quantitative estimate of drug-likeness (QED) is 0.790. The summed E-state index contributed by atoms with van der Waals surface area (Å²) in [4.78, 5) is 15.2. The van der Waals surface area contributed by atoms with Crippen molar-refractivity contribution in [2.45, 2.75) is 25.8 Å². The zero-order valence-corrected chi connectivity index (χ0v) is 9.11. The number of hydrogen-bond acceptors (Lipinski definition) is 3. The summed E-state index contributed by atoms with van der Waals surface area (Å²) < 4.78 is 13.2. The summed E-state index contributed by atoms with van der Waals surface area (Å²) >= 11 is 0. The Morgan fingerprint density at radius 3 is 3.00 bits per heavy atom. The number of rotatable bonds is 5. The molecule has 5 heteroatoms. The topological polar surface area (TPSA) is 62.2 Å². The standard InChI is InChI=1S/C11H15FN2O2/c1-2-8(4-6-15)14-11(16)9-3-5-13-7-10(9)12/h3,5,7-8,15H,2,4,6H2,1H3,(H,14,16). The van der Waals surface area contributed by atoms with Crippen molar-refractivity contribution in [3.63, 3.8) is 0 Å². The molecule has 0 aliphatic rings. The predicted molar refractivity (Wildman–Crippen MR) is 57.4 cm³/mol. The van der Waals surface area contributed by atoms with Gasteiger partial charge in [0.25, 0.3) is 5.91 Å². The van der Waals surface area contributed by atoms with Crippen molar-refractivity contribution in [2.75, 3.05) is 6.61 Å². The third kappa shape index (κ3) is 3.27. The van der Waals surface area contributed by atoms with E-state index in [2.05, 4.69) is 10.3 Å². The van der Waals surface area contributed by atoms with Crippen molar-refractivity contribution in [3.8, 4) is 0 Å². The van der Waals surface area contributed by atoms with Gasteiger partial charge in [-0.1, -0.05) is 6.92 Å². The number of amides is 1. The molecule has 1 aromatic rings. The fraction of sp³-hybridized carbons (Fsp3) is 0.455. The van der Waals surface area contributed by atoms with Gasteiger partial charge >= 0.3 is 0 Å². The van der Waals surface area contributed by atoms with Crippen LogP contribution in [-0.4, -0.2) is 28.6 Å². The maximum atomic E-state index is 13.2. The number of carbonyl (C=O) groups is 1. The van der Waals surface area contributed by atoms with Crippen LogP contribution in [0.15, 0.2) is 18.5 Å². The third-order valence-electron chi connectivity index (χ3n) is 2.32. The van der Waals surface area contributed by atoms with Gasteiger partial charge in [0.15, 0.2) is 5.82 Å². The van der Waals surface area contributed by atoms with E-state index in [-0.39, 0.29) is 18.2 Å². The molecule has 0 saturated heterocycles. The molecule has 1 atom stereocenters. The van der Waals surface area contributed by atoms with E-state index < -0.39 is 11.7 Å². The van der Waals surface area contributed by atoms with Gasteiger partial charge in [0.05, 0.1) is 11.8 Å². The van der Waals surface area contributed by atoms with Gasteiger partial charge in [0.1, 0.15) is 0 Å². The molecule has 1 amide bonds. The van der Waals surface area contributed by atoms with Crippen LogP contribution in [0.25, 0.3) is 0 Å². The minimum Gasteiger partial charge on any atom is -0.396 e. The normalized spacial score (nSPS) is 12.2. The number of pyridine rings is 1. The summed E-state index contributed by atoms with van der Waals surface area (Å²) in [6, 6.07) is 1.20. The van der Waals surface area contributed by atoms with Crippen LogP contribution < -0.4 is 5.32 Å². The molecule has 16 heavy (non-hydrogen) atoms. The molecule has 0 aliphatic carbocycles. The fourth-order valence-electron chi connectivity index (χ4n) is 1.36. The van der Waals surface area contributed by atoms with Crippen LogP contribution in [-0.2, 0) is 0 Å². The van der Waals surface area contributed by atoms with E-state index in [9.17, 15) is 9.18 Å². The first-order valence-corrected chi connectivity index (χ1v) is 5.20. The lowest BCUT2D eigenvalue weighted by Gasteiger charge is -2.15. The number of nitrogens with zero attached hydrogens (tertiary/aromatic N) is 1. The average Bonchev–Trinajstić information content (AvgIpc) is 2.28. The summed E-state index contributed by atoms with van der Waals surface area (Å²) in [5.74, 6) is -1.11. The number of aliphatic hydroxyl groups excluding tert-OH is 1. The van der Waals surface area contributed by atoms with Gasteiger partial charge in [-0.3, -0.25) is 9.78 Å². The van der Waals surface area contributed by atoms with Crippen molar-refractivity contribution in [1.82, 2.24) is 10.3 Å². The largest absolute Gasteiger partial charge is 0.396 e. The van der Waals surface area contributed by atoms with Crippen LogP contribution in [0.5, 0.6) is 0 Å². The van der Waals surface area contributed by atoms with E-state index >= 15 is 0 Å². The molecule has 88 valence electrons. The van der Waals surface area contributed by atoms with E-state index in [0.717, 1.165) is 6.20 Å². The van der Waals surface area contributed by atoms with Crippen LogP contribution in [0.1, 0.15) is 30.1 Å². The summed E-state index contributed by atoms with van der Waals surface area (Å²) in [5.41, 5.74) is -0.0219. The second-order valence-electron chi connectivity index (χ2n) is 3.45. The zero-order chi connectivity index (χ0) is 12.0. The summed E-state index contributed by atoms with van der Waals surface area (Å²) in [5, 5.41) is 11.4. The Morgan fingerprint density at radius 2 is 2.44 bits per heavy atom. The molecule has 1 unspecified atom stereocenters. The monoisotopic (exact) mass is 226 g/mol. The van der Waals surface area contributed by atoms with Gasteiger partial charge in [-0.05, 0) is 18.9 Å². The van der Waals surface area contributed by atoms with Gasteiger partial charge in [0, 0.05) is 18.8 Å². The lowest BCUT2D eigenvalue weighted by Crippen LogP contribution is -2.35. The molecule has 1 aromatic heterocycles. The highest BCUT2D eigenvalue weighted by Crippen LogP contribution is 2.06. The molecule has 0 aliphatic heterocycles. The van der Waals surface area contributed by atoms with Crippen LogP contribution in [0.2, 0.25) is 0 Å². The SMILES string of the molecule is CCC(CCO)NC(=O)c1ccncc1F. The van der Waals surface area contributed by atoms with Crippen molar-refractivity contribution in [2.24, 2.45) is 0 Å². The summed E-state index contributed by atoms with van der Waals surface area (Å²) in [7, 11) is 0. The predicted octanol–water partition coefficient (Wildman–Crippen LogP) is 1.11. The minimum absolute atomic E-state index is 0.00237. The molecule has 0 bridgehead atoms. The number of aromatic nitrogens is 1. The molecule has 0 saturated carbocycles. The first-order chi connectivity index (χ1) is 7.69. The maximum absolute atomic E-state index is 13.2. The maximum Gasteiger partial charge on any atom is 0.254 e. The zero-order valence-electron chi connectivity index (χ0n) is 9.11. The molecule has 4 nitrogen and oxygen atoms in total. The Bertz CT molecular complexity index is 358. The Labute approximate surface area is 93.5 Å². The lowest BCUT2D eigenvalue weighted by molar-refractivity contribution is 0.0925. The van der Waals surface area contributed by atoms with Gasteiger partial charge in [-0.25, -0.2) is 4.39 Å². The molecule has 1 rings (SSSR count). The minimum atomic E-state index is -0.640. The molecular formula is C11H15FN2O2. The second kappa shape index (κ2) is 6.17. The smallest absolute Gasteiger partial charge is 0.254 e. The molecule has 0 aromatic carbocycles. The van der Waals surface area contributed by atoms with Crippen molar-refractivity contribution < 1.29 is 14.3 Å². The number of nitrogens with one attached hydrogen (secondary N) is 1. The first-order valence-electron chi connectivity index (χ1n) is 5.20. The number of hydrogen-bond donors (Lipinski definition) is 2. The number of carbonyl (C=O) groups excluding carboxylic acids is 1. The average molecular weight is 226 g/mol. The summed E-state index contributed by atoms with van der Waals surface area (Å²) in [6.07, 6.45) is 3.53. The van der Waals surface area contributed by atoms with E-state index in [1.807, 2.05) is 6.92 Å². The van der Waals surface area contributed by atoms with E-state index in [1.165, 1.54) is 12.3 Å². The Kier molecular flexibility index (Phi) is 4.85. The third-order valence-corrected chi connectivity index (χ3v) is 2.32. The van der Waals surface area contributed by atoms with Crippen LogP contribution >= 0.6 is 0 Å². The summed E-state index contributed by atoms with van der Waals surface area (Å²) in [6.45, 7) is 1.89.